The van der Waals surface area contributed by atoms with E-state index in [1.165, 1.54) is 0 Å². The minimum Gasteiger partial charge on any atom is -0.464 e. The number of alkyl carbamates (subject to hydrolysis) is 1. The Morgan fingerprint density at radius 2 is 1.56 bits per heavy atom. The lowest BCUT2D eigenvalue weighted by Crippen LogP contribution is -2.45. The Kier molecular flexibility index (Phi) is 10.2. The number of nitrogens with one attached hydrogen (secondary N) is 1. The summed E-state index contributed by atoms with van der Waals surface area (Å²) in [4.78, 5) is 36.2. The lowest BCUT2D eigenvalue weighted by Gasteiger charge is -2.20. The van der Waals surface area contributed by atoms with Crippen molar-refractivity contribution >= 4 is 18.0 Å². The Hall–Kier alpha value is -3.35. The number of aryl methyl sites for hydroxylation is 1. The first-order valence-electron chi connectivity index (χ1n) is 10.8. The van der Waals surface area contributed by atoms with E-state index >= 15 is 0 Å². The van der Waals surface area contributed by atoms with Crippen LogP contribution in [-0.4, -0.2) is 37.3 Å². The van der Waals surface area contributed by atoms with E-state index in [0.29, 0.717) is 25.0 Å². The monoisotopic (exact) mass is 441 g/mol. The summed E-state index contributed by atoms with van der Waals surface area (Å²) in [6.07, 6.45) is 0.648. The quantitative estimate of drug-likeness (QED) is 0.318. The number of hydrogen-bond acceptors (Lipinski definition) is 6. The maximum absolute atomic E-state index is 12.4. The van der Waals surface area contributed by atoms with Gasteiger partial charge in [0.15, 0.2) is 0 Å². The van der Waals surface area contributed by atoms with Crippen LogP contribution in [0.1, 0.15) is 48.7 Å². The minimum atomic E-state index is -0.790. The van der Waals surface area contributed by atoms with Gasteiger partial charge in [-0.3, -0.25) is 0 Å². The lowest BCUT2D eigenvalue weighted by molar-refractivity contribution is -0.147. The van der Waals surface area contributed by atoms with Crippen LogP contribution in [0.25, 0.3) is 0 Å². The standard InChI is InChI=1S/C25H31NO6/c1-4-30-23(27)21-14-12-19(13-15-21)11-8-16-31-24(28)22(18(2)3)26-25(29)32-17-20-9-6-5-7-10-20/h5-7,9-10,12-15,18,22H,4,8,11,16-17H2,1-3H3,(H,26,29). The van der Waals surface area contributed by atoms with Crippen molar-refractivity contribution in [2.45, 2.75) is 46.3 Å². The van der Waals surface area contributed by atoms with E-state index in [-0.39, 0.29) is 25.1 Å². The van der Waals surface area contributed by atoms with Gasteiger partial charge in [0.25, 0.3) is 0 Å². The fraction of sp³-hybridized carbons (Fsp3) is 0.400. The Morgan fingerprint density at radius 3 is 2.19 bits per heavy atom. The zero-order valence-electron chi connectivity index (χ0n) is 18.8. The molecule has 0 aliphatic heterocycles. The molecule has 2 aromatic carbocycles. The van der Waals surface area contributed by atoms with E-state index in [2.05, 4.69) is 5.32 Å². The number of carbonyl (C=O) groups is 3. The van der Waals surface area contributed by atoms with Crippen LogP contribution < -0.4 is 5.32 Å². The summed E-state index contributed by atoms with van der Waals surface area (Å²) in [5.41, 5.74) is 2.39. The Balaban J connectivity index is 1.74. The van der Waals surface area contributed by atoms with Gasteiger partial charge in [-0.15, -0.1) is 0 Å². The van der Waals surface area contributed by atoms with Crippen LogP contribution in [0.2, 0.25) is 0 Å². The molecule has 0 aliphatic rings. The second kappa shape index (κ2) is 13.1. The average Bonchev–Trinajstić information content (AvgIpc) is 2.79. The smallest absolute Gasteiger partial charge is 0.408 e. The molecule has 0 heterocycles. The van der Waals surface area contributed by atoms with E-state index in [1.54, 1.807) is 19.1 Å². The molecule has 1 unspecified atom stereocenters. The molecule has 1 N–H and O–H groups in total. The summed E-state index contributed by atoms with van der Waals surface area (Å²) in [5.74, 6) is -0.987. The third kappa shape index (κ3) is 8.41. The van der Waals surface area contributed by atoms with E-state index in [4.69, 9.17) is 14.2 Å². The van der Waals surface area contributed by atoms with Gasteiger partial charge in [0.2, 0.25) is 0 Å². The third-order valence-electron chi connectivity index (χ3n) is 4.73. The summed E-state index contributed by atoms with van der Waals surface area (Å²) in [7, 11) is 0. The van der Waals surface area contributed by atoms with Crippen LogP contribution >= 0.6 is 0 Å². The van der Waals surface area contributed by atoms with Crippen LogP contribution in [0.15, 0.2) is 54.6 Å². The molecule has 0 saturated heterocycles. The van der Waals surface area contributed by atoms with Crippen molar-refractivity contribution in [3.63, 3.8) is 0 Å². The van der Waals surface area contributed by atoms with E-state index in [9.17, 15) is 14.4 Å². The molecule has 0 aliphatic carbocycles. The van der Waals surface area contributed by atoms with Crippen LogP contribution in [0.4, 0.5) is 4.79 Å². The molecule has 1 amide bonds. The maximum atomic E-state index is 12.4. The summed E-state index contributed by atoms with van der Waals surface area (Å²) >= 11 is 0. The second-order valence-electron chi connectivity index (χ2n) is 7.62. The zero-order chi connectivity index (χ0) is 23.3. The number of hydrogen-bond donors (Lipinski definition) is 1. The lowest BCUT2D eigenvalue weighted by atomic mass is 10.1. The van der Waals surface area contributed by atoms with Crippen molar-refractivity contribution in [1.29, 1.82) is 0 Å². The third-order valence-corrected chi connectivity index (χ3v) is 4.73. The van der Waals surface area contributed by atoms with Crippen LogP contribution in [0.3, 0.4) is 0 Å². The Bertz CT molecular complexity index is 864. The van der Waals surface area contributed by atoms with Crippen molar-refractivity contribution in [2.24, 2.45) is 5.92 Å². The fourth-order valence-corrected chi connectivity index (χ4v) is 2.95. The molecule has 7 heteroatoms. The predicted octanol–water partition coefficient (Wildman–Crippen LogP) is 4.29. The summed E-state index contributed by atoms with van der Waals surface area (Å²) in [5, 5.41) is 2.59. The van der Waals surface area contributed by atoms with Gasteiger partial charge in [-0.2, -0.15) is 0 Å². The topological polar surface area (TPSA) is 90.9 Å². The van der Waals surface area contributed by atoms with Crippen LogP contribution in [-0.2, 0) is 32.0 Å². The first-order valence-corrected chi connectivity index (χ1v) is 10.8. The molecule has 0 aromatic heterocycles. The van der Waals surface area contributed by atoms with E-state index in [0.717, 1.165) is 11.1 Å². The highest BCUT2D eigenvalue weighted by Gasteiger charge is 2.26. The highest BCUT2D eigenvalue weighted by molar-refractivity contribution is 5.89. The normalized spacial score (nSPS) is 11.5. The van der Waals surface area contributed by atoms with Crippen LogP contribution in [0, 0.1) is 5.92 Å². The van der Waals surface area contributed by atoms with Crippen LogP contribution in [0.5, 0.6) is 0 Å². The van der Waals surface area contributed by atoms with Gasteiger partial charge in [-0.05, 0) is 48.9 Å². The first-order chi connectivity index (χ1) is 15.4. The number of esters is 2. The number of ether oxygens (including phenoxy) is 3. The average molecular weight is 442 g/mol. The highest BCUT2D eigenvalue weighted by Crippen LogP contribution is 2.10. The van der Waals surface area contributed by atoms with Crippen molar-refractivity contribution < 1.29 is 28.6 Å². The van der Waals surface area contributed by atoms with Crippen molar-refractivity contribution in [3.8, 4) is 0 Å². The molecular weight excluding hydrogens is 410 g/mol. The van der Waals surface area contributed by atoms with E-state index in [1.807, 2.05) is 56.3 Å². The minimum absolute atomic E-state index is 0.126. The Labute approximate surface area is 189 Å². The number of carbonyl (C=O) groups excluding carboxylic acids is 3. The van der Waals surface area contributed by atoms with Crippen molar-refractivity contribution in [1.82, 2.24) is 5.32 Å². The van der Waals surface area contributed by atoms with Gasteiger partial charge in [0.1, 0.15) is 12.6 Å². The van der Waals surface area contributed by atoms with Gasteiger partial charge in [0.05, 0.1) is 18.8 Å². The highest BCUT2D eigenvalue weighted by atomic mass is 16.6. The molecule has 1 atom stereocenters. The maximum Gasteiger partial charge on any atom is 0.408 e. The molecule has 0 bridgehead atoms. The molecule has 0 spiro atoms. The molecule has 2 rings (SSSR count). The SMILES string of the molecule is CCOC(=O)c1ccc(CCCOC(=O)C(NC(=O)OCc2ccccc2)C(C)C)cc1. The zero-order valence-corrected chi connectivity index (χ0v) is 18.8. The van der Waals surface area contributed by atoms with Gasteiger partial charge in [-0.25, -0.2) is 14.4 Å². The van der Waals surface area contributed by atoms with Gasteiger partial charge < -0.3 is 19.5 Å². The number of benzene rings is 2. The largest absolute Gasteiger partial charge is 0.464 e. The van der Waals surface area contributed by atoms with Crippen molar-refractivity contribution in [3.05, 3.63) is 71.3 Å². The molecule has 0 radical (unpaired) electrons. The molecule has 0 fully saturated rings. The molecule has 32 heavy (non-hydrogen) atoms. The molecule has 0 saturated carbocycles. The first kappa shape index (κ1) is 24.9. The molecule has 172 valence electrons. The number of rotatable bonds is 11. The summed E-state index contributed by atoms with van der Waals surface area (Å²) in [6, 6.07) is 15.7. The van der Waals surface area contributed by atoms with Crippen molar-refractivity contribution in [2.75, 3.05) is 13.2 Å². The number of amides is 1. The van der Waals surface area contributed by atoms with Gasteiger partial charge in [-0.1, -0.05) is 56.3 Å². The summed E-state index contributed by atoms with van der Waals surface area (Å²) in [6.45, 7) is 6.11. The van der Waals surface area contributed by atoms with Gasteiger partial charge in [0, 0.05) is 0 Å². The molecular formula is C25H31NO6. The molecule has 7 nitrogen and oxygen atoms in total. The van der Waals surface area contributed by atoms with Gasteiger partial charge >= 0.3 is 18.0 Å². The predicted molar refractivity (Wildman–Crippen MR) is 120 cm³/mol. The second-order valence-corrected chi connectivity index (χ2v) is 7.62. The Morgan fingerprint density at radius 1 is 0.875 bits per heavy atom. The fourth-order valence-electron chi connectivity index (χ4n) is 2.95. The molecule has 2 aromatic rings. The van der Waals surface area contributed by atoms with E-state index < -0.39 is 18.1 Å². The summed E-state index contributed by atoms with van der Waals surface area (Å²) < 4.78 is 15.5.